The topological polar surface area (TPSA) is 49.3 Å². The van der Waals surface area contributed by atoms with Crippen molar-refractivity contribution in [2.24, 2.45) is 0 Å². The van der Waals surface area contributed by atoms with E-state index in [1.165, 1.54) is 6.42 Å². The zero-order valence-corrected chi connectivity index (χ0v) is 11.6. The number of carbonyl (C=O) groups excluding carboxylic acids is 1. The molecule has 1 aliphatic carbocycles. The van der Waals surface area contributed by atoms with Gasteiger partial charge in [0.2, 0.25) is 5.91 Å². The summed E-state index contributed by atoms with van der Waals surface area (Å²) in [4.78, 5) is 11.9. The van der Waals surface area contributed by atoms with Gasteiger partial charge < -0.3 is 10.4 Å². The van der Waals surface area contributed by atoms with Gasteiger partial charge in [0.05, 0.1) is 12.0 Å². The van der Waals surface area contributed by atoms with E-state index >= 15 is 0 Å². The van der Waals surface area contributed by atoms with Crippen LogP contribution in [0.5, 0.6) is 0 Å². The molecule has 0 spiro atoms. The average molecular weight is 261 g/mol. The Morgan fingerprint density at radius 3 is 2.74 bits per heavy atom. The fourth-order valence-electron chi connectivity index (χ4n) is 2.72. The van der Waals surface area contributed by atoms with Gasteiger partial charge in [-0.2, -0.15) is 0 Å². The van der Waals surface area contributed by atoms with Crippen LogP contribution >= 0.6 is 0 Å². The van der Waals surface area contributed by atoms with Crippen molar-refractivity contribution in [3.63, 3.8) is 0 Å². The highest BCUT2D eigenvalue weighted by atomic mass is 16.3. The van der Waals surface area contributed by atoms with Gasteiger partial charge in [0, 0.05) is 6.54 Å². The zero-order chi connectivity index (χ0) is 13.7. The van der Waals surface area contributed by atoms with Crippen molar-refractivity contribution in [3.05, 3.63) is 35.4 Å². The van der Waals surface area contributed by atoms with Gasteiger partial charge in [-0.05, 0) is 25.3 Å². The second kappa shape index (κ2) is 6.20. The van der Waals surface area contributed by atoms with Crippen LogP contribution in [0.25, 0.3) is 0 Å². The van der Waals surface area contributed by atoms with E-state index < -0.39 is 5.60 Å². The molecular formula is C16H23NO2. The maximum atomic E-state index is 11.9. The van der Waals surface area contributed by atoms with Crippen LogP contribution in [0, 0.1) is 6.92 Å². The Balaban J connectivity index is 1.81. The first-order valence-corrected chi connectivity index (χ1v) is 7.12. The van der Waals surface area contributed by atoms with Crippen molar-refractivity contribution in [1.82, 2.24) is 5.32 Å². The molecule has 1 aliphatic rings. The lowest BCUT2D eigenvalue weighted by molar-refractivity contribution is -0.122. The third-order valence-electron chi connectivity index (χ3n) is 3.85. The second-order valence-corrected chi connectivity index (χ2v) is 5.73. The van der Waals surface area contributed by atoms with Gasteiger partial charge in [-0.25, -0.2) is 0 Å². The second-order valence-electron chi connectivity index (χ2n) is 5.73. The molecule has 2 N–H and O–H groups in total. The number of benzene rings is 1. The van der Waals surface area contributed by atoms with Crippen LogP contribution in [0.15, 0.2) is 24.3 Å². The van der Waals surface area contributed by atoms with Crippen molar-refractivity contribution in [2.75, 3.05) is 6.54 Å². The molecule has 2 rings (SSSR count). The molecule has 1 aromatic rings. The van der Waals surface area contributed by atoms with Crippen molar-refractivity contribution in [2.45, 2.75) is 51.0 Å². The molecule has 1 fully saturated rings. The third kappa shape index (κ3) is 4.35. The van der Waals surface area contributed by atoms with Crippen LogP contribution < -0.4 is 5.32 Å². The molecule has 19 heavy (non-hydrogen) atoms. The number of rotatable bonds is 4. The summed E-state index contributed by atoms with van der Waals surface area (Å²) in [7, 11) is 0. The molecule has 0 unspecified atom stereocenters. The van der Waals surface area contributed by atoms with Crippen LogP contribution in [0.4, 0.5) is 0 Å². The van der Waals surface area contributed by atoms with E-state index in [9.17, 15) is 9.90 Å². The van der Waals surface area contributed by atoms with Crippen LogP contribution in [0.1, 0.15) is 43.2 Å². The molecule has 0 atom stereocenters. The Morgan fingerprint density at radius 1 is 1.32 bits per heavy atom. The molecule has 1 saturated carbocycles. The van der Waals surface area contributed by atoms with E-state index in [4.69, 9.17) is 0 Å². The highest BCUT2D eigenvalue weighted by Gasteiger charge is 2.29. The minimum absolute atomic E-state index is 0.00963. The summed E-state index contributed by atoms with van der Waals surface area (Å²) >= 11 is 0. The first kappa shape index (κ1) is 14.1. The summed E-state index contributed by atoms with van der Waals surface area (Å²) < 4.78 is 0. The lowest BCUT2D eigenvalue weighted by Gasteiger charge is -2.32. The fraction of sp³-hybridized carbons (Fsp3) is 0.562. The number of carbonyl (C=O) groups is 1. The summed E-state index contributed by atoms with van der Waals surface area (Å²) in [6.45, 7) is 2.41. The largest absolute Gasteiger partial charge is 0.388 e. The van der Waals surface area contributed by atoms with Crippen LogP contribution in [-0.2, 0) is 11.2 Å². The predicted molar refractivity (Wildman–Crippen MR) is 75.9 cm³/mol. The van der Waals surface area contributed by atoms with E-state index in [1.54, 1.807) is 0 Å². The quantitative estimate of drug-likeness (QED) is 0.874. The summed E-state index contributed by atoms with van der Waals surface area (Å²) in [5.41, 5.74) is 1.50. The van der Waals surface area contributed by atoms with E-state index in [0.29, 0.717) is 13.0 Å². The monoisotopic (exact) mass is 261 g/mol. The van der Waals surface area contributed by atoms with E-state index in [-0.39, 0.29) is 5.91 Å². The first-order chi connectivity index (χ1) is 9.07. The number of hydrogen-bond acceptors (Lipinski definition) is 2. The summed E-state index contributed by atoms with van der Waals surface area (Å²) in [5, 5.41) is 13.2. The summed E-state index contributed by atoms with van der Waals surface area (Å²) in [5.74, 6) is -0.00963. The fourth-order valence-corrected chi connectivity index (χ4v) is 2.72. The molecule has 104 valence electrons. The number of amides is 1. The molecule has 1 amide bonds. The Bertz CT molecular complexity index is 436. The molecule has 1 aromatic carbocycles. The van der Waals surface area contributed by atoms with E-state index in [2.05, 4.69) is 5.32 Å². The van der Waals surface area contributed by atoms with Gasteiger partial charge in [-0.15, -0.1) is 0 Å². The maximum absolute atomic E-state index is 11.9. The zero-order valence-electron chi connectivity index (χ0n) is 11.6. The van der Waals surface area contributed by atoms with Crippen molar-refractivity contribution < 1.29 is 9.90 Å². The molecule has 0 heterocycles. The van der Waals surface area contributed by atoms with Gasteiger partial charge in [0.15, 0.2) is 0 Å². The molecule has 3 nitrogen and oxygen atoms in total. The third-order valence-corrected chi connectivity index (χ3v) is 3.85. The lowest BCUT2D eigenvalue weighted by Crippen LogP contribution is -2.44. The van der Waals surface area contributed by atoms with Gasteiger partial charge in [-0.3, -0.25) is 4.79 Å². The van der Waals surface area contributed by atoms with Gasteiger partial charge >= 0.3 is 0 Å². The van der Waals surface area contributed by atoms with E-state index in [1.807, 2.05) is 31.2 Å². The highest BCUT2D eigenvalue weighted by Crippen LogP contribution is 2.27. The Labute approximate surface area is 115 Å². The van der Waals surface area contributed by atoms with Gasteiger partial charge in [-0.1, -0.05) is 49.1 Å². The maximum Gasteiger partial charge on any atom is 0.224 e. The SMILES string of the molecule is Cc1cccc(CC(=O)NCC2(O)CCCCC2)c1. The number of aliphatic hydroxyl groups is 1. The highest BCUT2D eigenvalue weighted by molar-refractivity contribution is 5.78. The molecule has 3 heteroatoms. The lowest BCUT2D eigenvalue weighted by atomic mass is 9.85. The normalized spacial score (nSPS) is 18.0. The predicted octanol–water partition coefficient (Wildman–Crippen LogP) is 2.35. The number of hydrogen-bond donors (Lipinski definition) is 2. The Morgan fingerprint density at radius 2 is 2.05 bits per heavy atom. The van der Waals surface area contributed by atoms with Gasteiger partial charge in [0.1, 0.15) is 0 Å². The Hall–Kier alpha value is -1.35. The van der Waals surface area contributed by atoms with Gasteiger partial charge in [0.25, 0.3) is 0 Å². The molecule has 0 radical (unpaired) electrons. The standard InChI is InChI=1S/C16H23NO2/c1-13-6-5-7-14(10-13)11-15(18)17-12-16(19)8-3-2-4-9-16/h5-7,10,19H,2-4,8-9,11-12H2,1H3,(H,17,18). The number of aryl methyl sites for hydroxylation is 1. The molecule has 0 aliphatic heterocycles. The van der Waals surface area contributed by atoms with E-state index in [0.717, 1.165) is 36.8 Å². The smallest absolute Gasteiger partial charge is 0.224 e. The van der Waals surface area contributed by atoms with Crippen molar-refractivity contribution in [3.8, 4) is 0 Å². The minimum Gasteiger partial charge on any atom is -0.388 e. The molecule has 0 aromatic heterocycles. The van der Waals surface area contributed by atoms with Crippen molar-refractivity contribution in [1.29, 1.82) is 0 Å². The van der Waals surface area contributed by atoms with Crippen LogP contribution in [-0.4, -0.2) is 23.2 Å². The van der Waals surface area contributed by atoms with Crippen LogP contribution in [0.3, 0.4) is 0 Å². The Kier molecular flexibility index (Phi) is 4.59. The molecule has 0 saturated heterocycles. The van der Waals surface area contributed by atoms with Crippen molar-refractivity contribution >= 4 is 5.91 Å². The molecule has 0 bridgehead atoms. The van der Waals surface area contributed by atoms with Crippen LogP contribution in [0.2, 0.25) is 0 Å². The first-order valence-electron chi connectivity index (χ1n) is 7.12. The molecular weight excluding hydrogens is 238 g/mol. The summed E-state index contributed by atoms with van der Waals surface area (Å²) in [6.07, 6.45) is 5.31. The minimum atomic E-state index is -0.680. The average Bonchev–Trinajstić information content (AvgIpc) is 2.38. The number of nitrogens with one attached hydrogen (secondary N) is 1. The summed E-state index contributed by atoms with van der Waals surface area (Å²) in [6, 6.07) is 7.97.